The first-order chi connectivity index (χ1) is 11.5. The summed E-state index contributed by atoms with van der Waals surface area (Å²) in [5.74, 6) is 2.34. The second-order valence-corrected chi connectivity index (χ2v) is 7.02. The molecule has 3 rings (SSSR count). The van der Waals surface area contributed by atoms with Gasteiger partial charge in [0, 0.05) is 23.5 Å². The number of amides is 1. The highest BCUT2D eigenvalue weighted by Crippen LogP contribution is 2.27. The summed E-state index contributed by atoms with van der Waals surface area (Å²) in [4.78, 5) is 12.7. The number of hydrogen-bond donors (Lipinski definition) is 1. The highest BCUT2D eigenvalue weighted by Gasteiger charge is 2.24. The standard InChI is InChI=1S/C19H27N3O2/c1-5-15-6-8-16(9-7-15)20-19(23)17-10-12(2)22(14(17)4)18-11-13(3)24-21-18/h10-11,15-16H,5-9H2,1-4H3,(H,20,23). The second-order valence-electron chi connectivity index (χ2n) is 7.02. The Morgan fingerprint density at radius 1 is 1.25 bits per heavy atom. The molecule has 0 saturated heterocycles. The fraction of sp³-hybridized carbons (Fsp3) is 0.579. The van der Waals surface area contributed by atoms with Crippen LogP contribution in [-0.4, -0.2) is 21.7 Å². The zero-order valence-corrected chi connectivity index (χ0v) is 15.1. The number of hydrogen-bond acceptors (Lipinski definition) is 3. The Kier molecular flexibility index (Phi) is 4.78. The van der Waals surface area contributed by atoms with Crippen LogP contribution in [0.2, 0.25) is 0 Å². The molecule has 0 radical (unpaired) electrons. The third-order valence-corrected chi connectivity index (χ3v) is 5.28. The molecule has 0 spiro atoms. The molecule has 1 saturated carbocycles. The highest BCUT2D eigenvalue weighted by molar-refractivity contribution is 5.96. The van der Waals surface area contributed by atoms with E-state index in [4.69, 9.17) is 4.52 Å². The van der Waals surface area contributed by atoms with Gasteiger partial charge in [0.05, 0.1) is 5.56 Å². The summed E-state index contributed by atoms with van der Waals surface area (Å²) in [6.45, 7) is 8.06. The van der Waals surface area contributed by atoms with Crippen LogP contribution in [0.3, 0.4) is 0 Å². The Labute approximate surface area is 143 Å². The predicted octanol–water partition coefficient (Wildman–Crippen LogP) is 4.09. The number of rotatable bonds is 4. The summed E-state index contributed by atoms with van der Waals surface area (Å²) >= 11 is 0. The van der Waals surface area contributed by atoms with Gasteiger partial charge in [-0.2, -0.15) is 0 Å². The molecule has 2 aromatic rings. The van der Waals surface area contributed by atoms with Crippen LogP contribution in [0.1, 0.15) is 66.5 Å². The first-order valence-corrected chi connectivity index (χ1v) is 8.93. The van der Waals surface area contributed by atoms with Crippen molar-refractivity contribution in [1.29, 1.82) is 0 Å². The molecule has 2 aromatic heterocycles. The summed E-state index contributed by atoms with van der Waals surface area (Å²) in [6.07, 6.45) is 5.87. The molecule has 0 unspecified atom stereocenters. The Morgan fingerprint density at radius 3 is 2.54 bits per heavy atom. The van der Waals surface area contributed by atoms with Gasteiger partial charge in [-0.15, -0.1) is 0 Å². The molecule has 1 N–H and O–H groups in total. The van der Waals surface area contributed by atoms with Gasteiger partial charge in [-0.3, -0.25) is 9.36 Å². The number of aromatic nitrogens is 2. The van der Waals surface area contributed by atoms with E-state index in [1.165, 1.54) is 19.3 Å². The van der Waals surface area contributed by atoms with E-state index in [1.54, 1.807) is 0 Å². The lowest BCUT2D eigenvalue weighted by atomic mass is 9.84. The molecule has 2 heterocycles. The van der Waals surface area contributed by atoms with E-state index >= 15 is 0 Å². The van der Waals surface area contributed by atoms with Gasteiger partial charge in [0.25, 0.3) is 5.91 Å². The molecule has 0 atom stereocenters. The van der Waals surface area contributed by atoms with Gasteiger partial charge in [-0.1, -0.05) is 18.5 Å². The molecule has 0 bridgehead atoms. The molecule has 5 heteroatoms. The predicted molar refractivity (Wildman–Crippen MR) is 93.5 cm³/mol. The molecule has 1 fully saturated rings. The Morgan fingerprint density at radius 2 is 1.96 bits per heavy atom. The Hall–Kier alpha value is -2.04. The van der Waals surface area contributed by atoms with Gasteiger partial charge in [-0.05, 0) is 58.4 Å². The first kappa shape index (κ1) is 16.8. The second kappa shape index (κ2) is 6.83. The summed E-state index contributed by atoms with van der Waals surface area (Å²) in [5, 5.41) is 7.29. The molecule has 1 aliphatic carbocycles. The molecule has 1 aliphatic rings. The van der Waals surface area contributed by atoms with Crippen molar-refractivity contribution in [2.45, 2.75) is 65.8 Å². The topological polar surface area (TPSA) is 60.1 Å². The number of carbonyl (C=O) groups is 1. The van der Waals surface area contributed by atoms with E-state index in [1.807, 2.05) is 37.5 Å². The zero-order chi connectivity index (χ0) is 17.3. The van der Waals surface area contributed by atoms with E-state index < -0.39 is 0 Å². The lowest BCUT2D eigenvalue weighted by Gasteiger charge is -2.28. The van der Waals surface area contributed by atoms with Gasteiger partial charge in [0.15, 0.2) is 5.82 Å². The minimum absolute atomic E-state index is 0.0227. The lowest BCUT2D eigenvalue weighted by molar-refractivity contribution is 0.0921. The quantitative estimate of drug-likeness (QED) is 0.919. The van der Waals surface area contributed by atoms with E-state index in [9.17, 15) is 4.79 Å². The molecule has 130 valence electrons. The number of aryl methyl sites for hydroxylation is 2. The highest BCUT2D eigenvalue weighted by atomic mass is 16.5. The van der Waals surface area contributed by atoms with Crippen molar-refractivity contribution < 1.29 is 9.32 Å². The molecule has 5 nitrogen and oxygen atoms in total. The SMILES string of the molecule is CCC1CCC(NC(=O)c2cc(C)n(-c3cc(C)on3)c2C)CC1. The third-order valence-electron chi connectivity index (χ3n) is 5.28. The van der Waals surface area contributed by atoms with Gasteiger partial charge in [-0.25, -0.2) is 0 Å². The fourth-order valence-corrected chi connectivity index (χ4v) is 3.78. The minimum Gasteiger partial charge on any atom is -0.360 e. The average molecular weight is 329 g/mol. The number of nitrogens with one attached hydrogen (secondary N) is 1. The molecule has 24 heavy (non-hydrogen) atoms. The van der Waals surface area contributed by atoms with Crippen molar-refractivity contribution in [3.05, 3.63) is 34.8 Å². The van der Waals surface area contributed by atoms with Crippen molar-refractivity contribution in [3.63, 3.8) is 0 Å². The molecule has 0 aliphatic heterocycles. The van der Waals surface area contributed by atoms with Gasteiger partial charge in [0.2, 0.25) is 0 Å². The van der Waals surface area contributed by atoms with E-state index in [-0.39, 0.29) is 5.91 Å². The normalized spacial score (nSPS) is 21.0. The van der Waals surface area contributed by atoms with Crippen LogP contribution in [-0.2, 0) is 0 Å². The smallest absolute Gasteiger partial charge is 0.253 e. The Balaban J connectivity index is 1.74. The maximum atomic E-state index is 12.7. The minimum atomic E-state index is 0.0227. The van der Waals surface area contributed by atoms with Crippen LogP contribution < -0.4 is 5.32 Å². The van der Waals surface area contributed by atoms with Gasteiger partial charge in [0.1, 0.15) is 5.76 Å². The van der Waals surface area contributed by atoms with E-state index in [0.717, 1.165) is 47.3 Å². The van der Waals surface area contributed by atoms with Crippen LogP contribution in [0.15, 0.2) is 16.7 Å². The maximum Gasteiger partial charge on any atom is 0.253 e. The van der Waals surface area contributed by atoms with Crippen LogP contribution >= 0.6 is 0 Å². The van der Waals surface area contributed by atoms with Gasteiger partial charge < -0.3 is 9.84 Å². The largest absolute Gasteiger partial charge is 0.360 e. The average Bonchev–Trinajstić information content (AvgIpc) is 3.11. The number of carbonyl (C=O) groups excluding carboxylic acids is 1. The van der Waals surface area contributed by atoms with Crippen LogP contribution in [0.4, 0.5) is 0 Å². The summed E-state index contributed by atoms with van der Waals surface area (Å²) in [5.41, 5.74) is 2.62. The van der Waals surface area contributed by atoms with Crippen LogP contribution in [0, 0.1) is 26.7 Å². The molecular formula is C19H27N3O2. The van der Waals surface area contributed by atoms with Crippen molar-refractivity contribution in [3.8, 4) is 5.82 Å². The third kappa shape index (κ3) is 3.25. The molecule has 1 amide bonds. The van der Waals surface area contributed by atoms with Crippen LogP contribution in [0.25, 0.3) is 5.82 Å². The van der Waals surface area contributed by atoms with Crippen molar-refractivity contribution in [2.75, 3.05) is 0 Å². The Bertz CT molecular complexity index is 721. The fourth-order valence-electron chi connectivity index (χ4n) is 3.78. The van der Waals surface area contributed by atoms with Crippen molar-refractivity contribution in [2.24, 2.45) is 5.92 Å². The number of nitrogens with zero attached hydrogens (tertiary/aromatic N) is 2. The van der Waals surface area contributed by atoms with Crippen molar-refractivity contribution in [1.82, 2.24) is 15.0 Å². The lowest BCUT2D eigenvalue weighted by Crippen LogP contribution is -2.37. The van der Waals surface area contributed by atoms with E-state index in [0.29, 0.717) is 6.04 Å². The summed E-state index contributed by atoms with van der Waals surface area (Å²) in [6, 6.07) is 4.12. The summed E-state index contributed by atoms with van der Waals surface area (Å²) in [7, 11) is 0. The monoisotopic (exact) mass is 329 g/mol. The van der Waals surface area contributed by atoms with Gasteiger partial charge >= 0.3 is 0 Å². The first-order valence-electron chi connectivity index (χ1n) is 8.93. The maximum absolute atomic E-state index is 12.7. The summed E-state index contributed by atoms with van der Waals surface area (Å²) < 4.78 is 7.14. The molecule has 0 aromatic carbocycles. The van der Waals surface area contributed by atoms with Crippen molar-refractivity contribution >= 4 is 5.91 Å². The van der Waals surface area contributed by atoms with Crippen LogP contribution in [0.5, 0.6) is 0 Å². The van der Waals surface area contributed by atoms with E-state index in [2.05, 4.69) is 17.4 Å². The molecular weight excluding hydrogens is 302 g/mol. The zero-order valence-electron chi connectivity index (χ0n) is 15.1.